The number of sulfonamides is 1. The van der Waals surface area contributed by atoms with E-state index in [1.807, 2.05) is 37.3 Å². The van der Waals surface area contributed by atoms with Crippen LogP contribution in [0.2, 0.25) is 5.15 Å². The lowest BCUT2D eigenvalue weighted by Crippen LogP contribution is -2.46. The number of nitrogens with one attached hydrogen (secondary N) is 1. The van der Waals surface area contributed by atoms with Crippen LogP contribution in [0.3, 0.4) is 0 Å². The number of benzene rings is 2. The molecule has 1 heterocycles. The first kappa shape index (κ1) is 24.3. The Kier molecular flexibility index (Phi) is 7.39. The molecule has 3 rings (SSSR count). The largest absolute Gasteiger partial charge is 0.497 e. The highest BCUT2D eigenvalue weighted by Crippen LogP contribution is 2.24. The molecule has 3 aromatic rings. The highest BCUT2D eigenvalue weighted by molar-refractivity contribution is 7.92. The smallest absolute Gasteiger partial charge is 0.263 e. The number of carbonyl (C=O) groups excluding carboxylic acids is 1. The van der Waals surface area contributed by atoms with E-state index in [0.717, 1.165) is 21.9 Å². The summed E-state index contributed by atoms with van der Waals surface area (Å²) in [6.07, 6.45) is 2.41. The van der Waals surface area contributed by atoms with Gasteiger partial charge in [-0.1, -0.05) is 29.8 Å². The maximum atomic E-state index is 12.7. The Morgan fingerprint density at radius 3 is 2.42 bits per heavy atom. The van der Waals surface area contributed by atoms with E-state index in [1.54, 1.807) is 28.9 Å². The molecule has 2 aromatic carbocycles. The zero-order chi connectivity index (χ0) is 24.2. The first-order valence-electron chi connectivity index (χ1n) is 9.90. The van der Waals surface area contributed by atoms with E-state index < -0.39 is 22.0 Å². The van der Waals surface area contributed by atoms with Gasteiger partial charge in [0.25, 0.3) is 5.91 Å². The lowest BCUT2D eigenvalue weighted by atomic mass is 10.2. The summed E-state index contributed by atoms with van der Waals surface area (Å²) >= 11 is 6.26. The molecule has 0 unspecified atom stereocenters. The molecule has 33 heavy (non-hydrogen) atoms. The standard InChI is InChI=1S/C22H24ClN5O4S/c1-15-20(21(23)26-27(15)17-8-6-5-7-9-17)14-24-25-22(29)16(2)28(33(4,30)31)18-10-12-19(32-3)13-11-18/h5-14,16H,1-4H3,(H,25,29)/b24-14-/t16-/m0/s1. The third-order valence-electron chi connectivity index (χ3n) is 4.90. The second-order valence-electron chi connectivity index (χ2n) is 7.20. The predicted octanol–water partition coefficient (Wildman–Crippen LogP) is 3.15. The zero-order valence-electron chi connectivity index (χ0n) is 18.6. The lowest BCUT2D eigenvalue weighted by Gasteiger charge is -2.27. The monoisotopic (exact) mass is 489 g/mol. The Morgan fingerprint density at radius 2 is 1.85 bits per heavy atom. The third kappa shape index (κ3) is 5.52. The average Bonchev–Trinajstić information content (AvgIpc) is 3.07. The lowest BCUT2D eigenvalue weighted by molar-refractivity contribution is -0.121. The number of hydrazone groups is 1. The van der Waals surface area contributed by atoms with Gasteiger partial charge in [0.15, 0.2) is 5.15 Å². The van der Waals surface area contributed by atoms with Crippen molar-refractivity contribution in [2.45, 2.75) is 19.9 Å². The number of ether oxygens (including phenoxy) is 1. The number of aromatic nitrogens is 2. The summed E-state index contributed by atoms with van der Waals surface area (Å²) in [6.45, 7) is 3.30. The summed E-state index contributed by atoms with van der Waals surface area (Å²) in [5.41, 5.74) is 4.80. The van der Waals surface area contributed by atoms with E-state index in [2.05, 4.69) is 15.6 Å². The van der Waals surface area contributed by atoms with Gasteiger partial charge in [0.2, 0.25) is 10.0 Å². The molecule has 0 saturated carbocycles. The third-order valence-corrected chi connectivity index (χ3v) is 6.42. The fourth-order valence-electron chi connectivity index (χ4n) is 3.24. The molecule has 0 aliphatic rings. The minimum Gasteiger partial charge on any atom is -0.497 e. The van der Waals surface area contributed by atoms with E-state index in [4.69, 9.17) is 16.3 Å². The summed E-state index contributed by atoms with van der Waals surface area (Å²) in [5.74, 6) is -0.0473. The maximum absolute atomic E-state index is 12.7. The van der Waals surface area contributed by atoms with Gasteiger partial charge in [-0.15, -0.1) is 0 Å². The van der Waals surface area contributed by atoms with E-state index in [9.17, 15) is 13.2 Å². The van der Waals surface area contributed by atoms with Gasteiger partial charge < -0.3 is 4.74 Å². The Morgan fingerprint density at radius 1 is 1.21 bits per heavy atom. The molecule has 0 aliphatic carbocycles. The van der Waals surface area contributed by atoms with Crippen LogP contribution in [0, 0.1) is 6.92 Å². The number of rotatable bonds is 8. The van der Waals surface area contributed by atoms with Gasteiger partial charge in [0.1, 0.15) is 11.8 Å². The van der Waals surface area contributed by atoms with Gasteiger partial charge in [-0.25, -0.2) is 18.5 Å². The Balaban J connectivity index is 1.78. The summed E-state index contributed by atoms with van der Waals surface area (Å²) < 4.78 is 32.6. The van der Waals surface area contributed by atoms with Crippen LogP contribution in [0.4, 0.5) is 5.69 Å². The molecule has 0 fully saturated rings. The molecule has 11 heteroatoms. The Bertz CT molecular complexity index is 1260. The number of para-hydroxylation sites is 1. The molecule has 0 spiro atoms. The molecule has 0 saturated heterocycles. The normalized spacial score (nSPS) is 12.5. The van der Waals surface area contributed by atoms with Gasteiger partial charge in [-0.2, -0.15) is 10.2 Å². The van der Waals surface area contributed by atoms with Crippen molar-refractivity contribution in [2.24, 2.45) is 5.10 Å². The van der Waals surface area contributed by atoms with Crippen LogP contribution >= 0.6 is 11.6 Å². The van der Waals surface area contributed by atoms with Crippen molar-refractivity contribution in [1.82, 2.24) is 15.2 Å². The van der Waals surface area contributed by atoms with Crippen molar-refractivity contribution in [3.05, 3.63) is 71.0 Å². The molecular formula is C22H24ClN5O4S. The van der Waals surface area contributed by atoms with Crippen LogP contribution in [-0.4, -0.2) is 49.7 Å². The highest BCUT2D eigenvalue weighted by Gasteiger charge is 2.29. The number of hydrogen-bond donors (Lipinski definition) is 1. The SMILES string of the molecule is COc1ccc(N([C@@H](C)C(=O)N/N=C\c2c(Cl)nn(-c3ccccc3)c2C)S(C)(=O)=O)cc1. The number of nitrogens with zero attached hydrogens (tertiary/aromatic N) is 4. The van der Waals surface area contributed by atoms with Gasteiger partial charge in [-0.05, 0) is 50.2 Å². The molecule has 0 radical (unpaired) electrons. The Labute approximate surface area is 197 Å². The van der Waals surface area contributed by atoms with Crippen LogP contribution in [0.5, 0.6) is 5.75 Å². The maximum Gasteiger partial charge on any atom is 0.263 e. The molecule has 0 aliphatic heterocycles. The topological polar surface area (TPSA) is 106 Å². The second-order valence-corrected chi connectivity index (χ2v) is 9.42. The minimum absolute atomic E-state index is 0.221. The summed E-state index contributed by atoms with van der Waals surface area (Å²) in [4.78, 5) is 12.7. The zero-order valence-corrected chi connectivity index (χ0v) is 20.1. The van der Waals surface area contributed by atoms with E-state index in [0.29, 0.717) is 17.0 Å². The van der Waals surface area contributed by atoms with Crippen LogP contribution in [0.1, 0.15) is 18.2 Å². The van der Waals surface area contributed by atoms with Gasteiger partial charge in [-0.3, -0.25) is 9.10 Å². The van der Waals surface area contributed by atoms with Gasteiger partial charge in [0, 0.05) is 0 Å². The average molecular weight is 490 g/mol. The fourth-order valence-corrected chi connectivity index (χ4v) is 4.68. The molecule has 9 nitrogen and oxygen atoms in total. The van der Waals surface area contributed by atoms with Crippen molar-refractivity contribution >= 4 is 39.4 Å². The number of amides is 1. The fraction of sp³-hybridized carbons (Fsp3) is 0.227. The van der Waals surface area contributed by atoms with Gasteiger partial charge >= 0.3 is 0 Å². The Hall–Kier alpha value is -3.37. The predicted molar refractivity (Wildman–Crippen MR) is 129 cm³/mol. The van der Waals surface area contributed by atoms with E-state index >= 15 is 0 Å². The molecule has 0 bridgehead atoms. The first-order chi connectivity index (χ1) is 15.6. The van der Waals surface area contributed by atoms with Crippen molar-refractivity contribution in [3.63, 3.8) is 0 Å². The van der Waals surface area contributed by atoms with Crippen molar-refractivity contribution in [2.75, 3.05) is 17.7 Å². The number of halogens is 1. The molecule has 174 valence electrons. The van der Waals surface area contributed by atoms with Crippen LogP contribution in [0.25, 0.3) is 5.69 Å². The quantitative estimate of drug-likeness (QED) is 0.386. The summed E-state index contributed by atoms with van der Waals surface area (Å²) in [5, 5.41) is 8.50. The van der Waals surface area contributed by atoms with E-state index in [1.165, 1.54) is 20.2 Å². The summed E-state index contributed by atoms with van der Waals surface area (Å²) in [6, 6.07) is 14.7. The second kappa shape index (κ2) is 10.1. The van der Waals surface area contributed by atoms with Crippen molar-refractivity contribution < 1.29 is 17.9 Å². The van der Waals surface area contributed by atoms with Crippen LogP contribution in [-0.2, 0) is 14.8 Å². The molecule has 1 N–H and O–H groups in total. The number of methoxy groups -OCH3 is 1. The van der Waals surface area contributed by atoms with Crippen molar-refractivity contribution in [1.29, 1.82) is 0 Å². The van der Waals surface area contributed by atoms with Crippen LogP contribution in [0.15, 0.2) is 59.7 Å². The molecule has 1 amide bonds. The highest BCUT2D eigenvalue weighted by atomic mass is 35.5. The molecule has 1 aromatic heterocycles. The van der Waals surface area contributed by atoms with Gasteiger partial charge in [0.05, 0.1) is 42.2 Å². The van der Waals surface area contributed by atoms with E-state index in [-0.39, 0.29) is 5.15 Å². The molecule has 1 atom stereocenters. The first-order valence-corrected chi connectivity index (χ1v) is 12.1. The minimum atomic E-state index is -3.75. The summed E-state index contributed by atoms with van der Waals surface area (Å²) in [7, 11) is -2.25. The van der Waals surface area contributed by atoms with Crippen molar-refractivity contribution in [3.8, 4) is 11.4 Å². The number of hydrogen-bond acceptors (Lipinski definition) is 6. The molecular weight excluding hydrogens is 466 g/mol. The number of carbonyl (C=O) groups is 1. The number of anilines is 1. The van der Waals surface area contributed by atoms with Crippen LogP contribution < -0.4 is 14.5 Å².